The van der Waals surface area contributed by atoms with Gasteiger partial charge in [-0.1, -0.05) is 50.6 Å². The van der Waals surface area contributed by atoms with Crippen LogP contribution in [0.4, 0.5) is 0 Å². The molecule has 1 rings (SSSR count). The quantitative estimate of drug-likeness (QED) is 0.441. The van der Waals surface area contributed by atoms with Crippen molar-refractivity contribution in [3.05, 3.63) is 11.6 Å². The highest BCUT2D eigenvalue weighted by Gasteiger charge is 2.25. The van der Waals surface area contributed by atoms with Crippen LogP contribution in [0.2, 0.25) is 24.2 Å². The van der Waals surface area contributed by atoms with Gasteiger partial charge < -0.3 is 0 Å². The van der Waals surface area contributed by atoms with Crippen molar-refractivity contribution in [3.8, 4) is 0 Å². The lowest BCUT2D eigenvalue weighted by Crippen LogP contribution is -2.29. The average molecular weight is 182 g/mol. The third-order valence-electron chi connectivity index (χ3n) is 3.61. The molecule has 1 saturated carbocycles. The van der Waals surface area contributed by atoms with Crippen LogP contribution in [0.15, 0.2) is 11.6 Å². The molecule has 0 nitrogen and oxygen atoms in total. The van der Waals surface area contributed by atoms with E-state index in [0.717, 1.165) is 0 Å². The van der Waals surface area contributed by atoms with Gasteiger partial charge in [-0.3, -0.25) is 0 Å². The molecule has 0 heterocycles. The molecule has 0 aromatic carbocycles. The van der Waals surface area contributed by atoms with Crippen LogP contribution in [0.5, 0.6) is 0 Å². The van der Waals surface area contributed by atoms with Gasteiger partial charge in [-0.25, -0.2) is 0 Å². The van der Waals surface area contributed by atoms with E-state index in [1.807, 2.05) is 0 Å². The first-order valence-corrected chi connectivity index (χ1v) is 8.27. The summed E-state index contributed by atoms with van der Waals surface area (Å²) in [5, 5.41) is 0. The molecule has 70 valence electrons. The minimum atomic E-state index is -0.817. The molecule has 1 heteroatoms. The minimum absolute atomic E-state index is 0.817. The summed E-state index contributed by atoms with van der Waals surface area (Å²) in [4.78, 5) is 0. The second-order valence-electron chi connectivity index (χ2n) is 4.13. The second kappa shape index (κ2) is 4.27. The lowest BCUT2D eigenvalue weighted by atomic mass is 10.5. The third-order valence-corrected chi connectivity index (χ3v) is 9.18. The number of rotatable bonds is 5. The molecule has 1 fully saturated rings. The van der Waals surface area contributed by atoms with E-state index in [4.69, 9.17) is 0 Å². The van der Waals surface area contributed by atoms with Crippen LogP contribution >= 0.6 is 0 Å². The highest BCUT2D eigenvalue weighted by atomic mass is 28.3. The molecular formula is C11H22Si. The molecular weight excluding hydrogens is 160 g/mol. The Labute approximate surface area is 78.1 Å². The summed E-state index contributed by atoms with van der Waals surface area (Å²) in [6.45, 7) is 7.18. The summed E-state index contributed by atoms with van der Waals surface area (Å²) in [7, 11) is -0.817. The zero-order valence-corrected chi connectivity index (χ0v) is 9.82. The maximum Gasteiger partial charge on any atom is 0.0565 e. The third kappa shape index (κ3) is 2.48. The van der Waals surface area contributed by atoms with Crippen molar-refractivity contribution in [1.82, 2.24) is 0 Å². The van der Waals surface area contributed by atoms with E-state index in [-0.39, 0.29) is 0 Å². The minimum Gasteiger partial charge on any atom is -0.0880 e. The van der Waals surface area contributed by atoms with E-state index in [1.165, 1.54) is 37.0 Å². The molecule has 0 aromatic rings. The van der Waals surface area contributed by atoms with Crippen LogP contribution in [0.1, 0.15) is 33.6 Å². The van der Waals surface area contributed by atoms with Gasteiger partial charge in [-0.2, -0.15) is 0 Å². The molecule has 0 radical (unpaired) electrons. The Morgan fingerprint density at radius 1 is 1.08 bits per heavy atom. The van der Waals surface area contributed by atoms with Gasteiger partial charge in [0.15, 0.2) is 0 Å². The van der Waals surface area contributed by atoms with Crippen LogP contribution in [-0.2, 0) is 0 Å². The molecule has 0 aromatic heterocycles. The van der Waals surface area contributed by atoms with E-state index in [9.17, 15) is 0 Å². The lowest BCUT2D eigenvalue weighted by molar-refractivity contribution is 1.14. The van der Waals surface area contributed by atoms with E-state index in [1.54, 1.807) is 5.57 Å². The highest BCUT2D eigenvalue weighted by molar-refractivity contribution is 6.80. The maximum absolute atomic E-state index is 2.56. The number of allylic oxidation sites excluding steroid dienone is 2. The Bertz CT molecular complexity index is 152. The Kier molecular flexibility index (Phi) is 3.57. The first-order chi connectivity index (χ1) is 5.76. The van der Waals surface area contributed by atoms with Crippen LogP contribution < -0.4 is 0 Å². The first kappa shape index (κ1) is 10.0. The molecule has 0 bridgehead atoms. The molecule has 1 aliphatic carbocycles. The van der Waals surface area contributed by atoms with Gasteiger partial charge in [0.2, 0.25) is 0 Å². The largest absolute Gasteiger partial charge is 0.0880 e. The summed E-state index contributed by atoms with van der Waals surface area (Å²) in [6.07, 6.45) is 5.37. The second-order valence-corrected chi connectivity index (χ2v) is 9.66. The monoisotopic (exact) mass is 182 g/mol. The van der Waals surface area contributed by atoms with Crippen LogP contribution in [-0.4, -0.2) is 8.07 Å². The van der Waals surface area contributed by atoms with Crippen LogP contribution in [0, 0.1) is 0 Å². The van der Waals surface area contributed by atoms with Gasteiger partial charge >= 0.3 is 0 Å². The van der Waals surface area contributed by atoms with Gasteiger partial charge in [0.25, 0.3) is 0 Å². The fourth-order valence-corrected chi connectivity index (χ4v) is 4.91. The summed E-state index contributed by atoms with van der Waals surface area (Å²) in [5.41, 5.74) is 1.74. The molecule has 0 saturated heterocycles. The van der Waals surface area contributed by atoms with Gasteiger partial charge in [0.05, 0.1) is 8.07 Å². The van der Waals surface area contributed by atoms with Crippen molar-refractivity contribution in [2.45, 2.75) is 57.8 Å². The average Bonchev–Trinajstić information content (AvgIpc) is 2.92. The summed E-state index contributed by atoms with van der Waals surface area (Å²) in [5.74, 6) is 0. The normalized spacial score (nSPS) is 16.4. The highest BCUT2D eigenvalue weighted by Crippen LogP contribution is 2.32. The molecule has 0 amide bonds. The van der Waals surface area contributed by atoms with Gasteiger partial charge in [0.1, 0.15) is 0 Å². The maximum atomic E-state index is 2.56. The van der Waals surface area contributed by atoms with Crippen molar-refractivity contribution in [1.29, 1.82) is 0 Å². The molecule has 0 aliphatic heterocycles. The van der Waals surface area contributed by atoms with Crippen molar-refractivity contribution >= 4 is 8.07 Å². The predicted octanol–water partition coefficient (Wildman–Crippen LogP) is 4.22. The van der Waals surface area contributed by atoms with Crippen molar-refractivity contribution in [3.63, 3.8) is 0 Å². The lowest BCUT2D eigenvalue weighted by Gasteiger charge is -2.26. The van der Waals surface area contributed by atoms with Gasteiger partial charge in [-0.15, -0.1) is 0 Å². The molecule has 1 aliphatic rings. The topological polar surface area (TPSA) is 0 Å². The zero-order valence-electron chi connectivity index (χ0n) is 8.82. The van der Waals surface area contributed by atoms with Crippen molar-refractivity contribution in [2.24, 2.45) is 0 Å². The molecule has 0 spiro atoms. The van der Waals surface area contributed by atoms with Crippen LogP contribution in [0.3, 0.4) is 0 Å². The summed E-state index contributed by atoms with van der Waals surface area (Å²) < 4.78 is 0. The fraction of sp³-hybridized carbons (Fsp3) is 0.818. The smallest absolute Gasteiger partial charge is 0.0565 e. The van der Waals surface area contributed by atoms with Crippen molar-refractivity contribution < 1.29 is 0 Å². The van der Waals surface area contributed by atoms with Gasteiger partial charge in [-0.05, 0) is 18.9 Å². The van der Waals surface area contributed by atoms with E-state index < -0.39 is 8.07 Å². The summed E-state index contributed by atoms with van der Waals surface area (Å²) in [6, 6.07) is 5.89. The Balaban J connectivity index is 2.45. The number of hydrogen-bond donors (Lipinski definition) is 0. The standard InChI is InChI=1S/C11H22Si/c1-4-12(5-2,6-3)10-9-11-7-8-11/h9H,4-8,10H2,1-3H3. The Morgan fingerprint density at radius 2 is 1.58 bits per heavy atom. The summed E-state index contributed by atoms with van der Waals surface area (Å²) >= 11 is 0. The molecule has 0 N–H and O–H groups in total. The predicted molar refractivity (Wildman–Crippen MR) is 59.3 cm³/mol. The number of hydrogen-bond acceptors (Lipinski definition) is 0. The van der Waals surface area contributed by atoms with E-state index in [0.29, 0.717) is 0 Å². The molecule has 12 heavy (non-hydrogen) atoms. The van der Waals surface area contributed by atoms with Crippen molar-refractivity contribution in [2.75, 3.05) is 0 Å². The zero-order chi connectivity index (χ0) is 9.03. The molecule has 0 atom stereocenters. The van der Waals surface area contributed by atoms with Gasteiger partial charge in [0, 0.05) is 0 Å². The Morgan fingerprint density at radius 3 is 1.92 bits per heavy atom. The fourth-order valence-electron chi connectivity index (χ4n) is 1.82. The van der Waals surface area contributed by atoms with E-state index >= 15 is 0 Å². The first-order valence-electron chi connectivity index (χ1n) is 5.44. The van der Waals surface area contributed by atoms with Crippen LogP contribution in [0.25, 0.3) is 0 Å². The van der Waals surface area contributed by atoms with E-state index in [2.05, 4.69) is 26.8 Å². The SMILES string of the molecule is CC[Si](CC)(CC)CC=C1CC1. The Hall–Kier alpha value is -0.0431. The molecule has 0 unspecified atom stereocenters.